The normalized spacial score (nSPS) is 13.8. The zero-order valence-electron chi connectivity index (χ0n) is 14.4. The van der Waals surface area contributed by atoms with Gasteiger partial charge in [0.15, 0.2) is 5.66 Å². The average Bonchev–Trinajstić information content (AvgIpc) is 3.30. The Labute approximate surface area is 156 Å². The van der Waals surface area contributed by atoms with E-state index < -0.39 is 5.66 Å². The largest absolute Gasteiger partial charge is 0.486 e. The van der Waals surface area contributed by atoms with Gasteiger partial charge in [0.2, 0.25) is 5.91 Å². The lowest BCUT2D eigenvalue weighted by molar-refractivity contribution is -0.121. The molecule has 26 heavy (non-hydrogen) atoms. The lowest BCUT2D eigenvalue weighted by Crippen LogP contribution is -2.25. The third-order valence-electron chi connectivity index (χ3n) is 3.98. The summed E-state index contributed by atoms with van der Waals surface area (Å²) in [5, 5.41) is 13.8. The highest BCUT2D eigenvalue weighted by molar-refractivity contribution is 7.09. The van der Waals surface area contributed by atoms with Crippen molar-refractivity contribution in [3.8, 4) is 18.1 Å². The first kappa shape index (κ1) is 18.1. The van der Waals surface area contributed by atoms with Crippen LogP contribution in [0.3, 0.4) is 0 Å². The first-order valence-corrected chi connectivity index (χ1v) is 9.32. The Kier molecular flexibility index (Phi) is 5.97. The highest BCUT2D eigenvalue weighted by Gasteiger charge is 2.39. The van der Waals surface area contributed by atoms with Crippen molar-refractivity contribution in [1.29, 1.82) is 0 Å². The minimum Gasteiger partial charge on any atom is -0.486 e. The van der Waals surface area contributed by atoms with Gasteiger partial charge in [-0.25, -0.2) is 4.98 Å². The van der Waals surface area contributed by atoms with Crippen LogP contribution in [0.1, 0.15) is 36.4 Å². The van der Waals surface area contributed by atoms with Gasteiger partial charge < -0.3 is 10.1 Å². The number of hydrogen-bond acceptors (Lipinski definition) is 6. The lowest BCUT2D eigenvalue weighted by Gasteiger charge is -2.08. The number of nitrogens with zero attached hydrogens (tertiary/aromatic N) is 3. The SMILES string of the molecule is C#CCCC1(CCC(=O)NCc2csc(COc3ccccc3)n2)N=N1. The second kappa shape index (κ2) is 8.59. The summed E-state index contributed by atoms with van der Waals surface area (Å²) in [6, 6.07) is 9.61. The number of carbonyl (C=O) groups excluding carboxylic acids is 1. The molecule has 1 amide bonds. The predicted octanol–water partition coefficient (Wildman–Crippen LogP) is 3.69. The highest BCUT2D eigenvalue weighted by Crippen LogP contribution is 2.37. The number of carbonyl (C=O) groups is 1. The smallest absolute Gasteiger partial charge is 0.220 e. The van der Waals surface area contributed by atoms with E-state index in [0.29, 0.717) is 38.8 Å². The van der Waals surface area contributed by atoms with Crippen LogP contribution in [-0.4, -0.2) is 16.6 Å². The molecule has 1 N–H and O–H groups in total. The average molecular weight is 368 g/mol. The van der Waals surface area contributed by atoms with E-state index in [1.807, 2.05) is 35.7 Å². The van der Waals surface area contributed by atoms with Crippen molar-refractivity contribution in [2.24, 2.45) is 10.2 Å². The summed E-state index contributed by atoms with van der Waals surface area (Å²) in [5.74, 6) is 3.37. The van der Waals surface area contributed by atoms with Crippen LogP contribution in [0.5, 0.6) is 5.75 Å². The maximum atomic E-state index is 12.0. The summed E-state index contributed by atoms with van der Waals surface area (Å²) in [7, 11) is 0. The van der Waals surface area contributed by atoms with Gasteiger partial charge in [0, 0.05) is 31.1 Å². The monoisotopic (exact) mass is 368 g/mol. The number of amides is 1. The quantitative estimate of drug-likeness (QED) is 0.650. The van der Waals surface area contributed by atoms with Crippen LogP contribution in [0.2, 0.25) is 0 Å². The number of nitrogens with one attached hydrogen (secondary N) is 1. The van der Waals surface area contributed by atoms with Gasteiger partial charge in [-0.2, -0.15) is 10.2 Å². The fourth-order valence-corrected chi connectivity index (χ4v) is 3.12. The topological polar surface area (TPSA) is 75.9 Å². The molecule has 6 nitrogen and oxygen atoms in total. The predicted molar refractivity (Wildman–Crippen MR) is 99.6 cm³/mol. The van der Waals surface area contributed by atoms with Gasteiger partial charge in [0.05, 0.1) is 12.2 Å². The molecule has 2 aromatic rings. The third-order valence-corrected chi connectivity index (χ3v) is 4.85. The Balaban J connectivity index is 1.36. The maximum absolute atomic E-state index is 12.0. The van der Waals surface area contributed by atoms with E-state index in [2.05, 4.69) is 26.4 Å². The molecule has 3 rings (SSSR count). The van der Waals surface area contributed by atoms with Crippen molar-refractivity contribution >= 4 is 17.2 Å². The molecule has 0 unspecified atom stereocenters. The van der Waals surface area contributed by atoms with Crippen LogP contribution in [0.15, 0.2) is 45.9 Å². The maximum Gasteiger partial charge on any atom is 0.220 e. The number of aromatic nitrogens is 1. The molecule has 0 fully saturated rings. The summed E-state index contributed by atoms with van der Waals surface area (Å²) in [4.78, 5) is 16.5. The number of ether oxygens (including phenoxy) is 1. The standard InChI is InChI=1S/C19H20N4O2S/c1-2-3-10-19(22-23-19)11-9-17(24)20-12-15-14-26-18(21-15)13-25-16-7-5-4-6-8-16/h1,4-8,14H,3,9-13H2,(H,20,24). The number of benzene rings is 1. The summed E-state index contributed by atoms with van der Waals surface area (Å²) >= 11 is 1.52. The minimum atomic E-state index is -0.410. The summed E-state index contributed by atoms with van der Waals surface area (Å²) in [6.45, 7) is 0.829. The third kappa shape index (κ3) is 5.39. The van der Waals surface area contributed by atoms with E-state index in [1.165, 1.54) is 11.3 Å². The van der Waals surface area contributed by atoms with Crippen molar-refractivity contribution in [2.75, 3.05) is 0 Å². The van der Waals surface area contributed by atoms with Crippen LogP contribution in [0.4, 0.5) is 0 Å². The number of para-hydroxylation sites is 1. The number of thiazole rings is 1. The second-order valence-electron chi connectivity index (χ2n) is 6.00. The lowest BCUT2D eigenvalue weighted by atomic mass is 10.0. The molecule has 1 aromatic carbocycles. The summed E-state index contributed by atoms with van der Waals surface area (Å²) in [6.07, 6.45) is 7.59. The molecule has 2 heterocycles. The van der Waals surface area contributed by atoms with Gasteiger partial charge in [-0.1, -0.05) is 18.2 Å². The van der Waals surface area contributed by atoms with Gasteiger partial charge in [-0.3, -0.25) is 4.79 Å². The van der Waals surface area contributed by atoms with Gasteiger partial charge in [-0.05, 0) is 12.1 Å². The van der Waals surface area contributed by atoms with Crippen LogP contribution in [0, 0.1) is 12.3 Å². The molecule has 1 aliphatic heterocycles. The van der Waals surface area contributed by atoms with Crippen molar-refractivity contribution in [2.45, 2.75) is 44.5 Å². The van der Waals surface area contributed by atoms with E-state index in [1.54, 1.807) is 0 Å². The number of terminal acetylenes is 1. The highest BCUT2D eigenvalue weighted by atomic mass is 32.1. The van der Waals surface area contributed by atoms with Crippen molar-refractivity contribution in [3.63, 3.8) is 0 Å². The molecule has 0 saturated carbocycles. The Morgan fingerprint density at radius 1 is 1.27 bits per heavy atom. The molecule has 7 heteroatoms. The number of hydrogen-bond donors (Lipinski definition) is 1. The van der Waals surface area contributed by atoms with Crippen molar-refractivity contribution < 1.29 is 9.53 Å². The second-order valence-corrected chi connectivity index (χ2v) is 6.94. The van der Waals surface area contributed by atoms with E-state index in [9.17, 15) is 4.79 Å². The van der Waals surface area contributed by atoms with Gasteiger partial charge in [0.1, 0.15) is 17.4 Å². The van der Waals surface area contributed by atoms with Gasteiger partial charge in [-0.15, -0.1) is 23.7 Å². The minimum absolute atomic E-state index is 0.0301. The van der Waals surface area contributed by atoms with Gasteiger partial charge >= 0.3 is 0 Å². The molecule has 1 aliphatic rings. The Hall–Kier alpha value is -2.72. The molecular formula is C19H20N4O2S. The fourth-order valence-electron chi connectivity index (χ4n) is 2.42. The van der Waals surface area contributed by atoms with Crippen LogP contribution in [-0.2, 0) is 17.9 Å². The van der Waals surface area contributed by atoms with Crippen molar-refractivity contribution in [3.05, 3.63) is 46.4 Å². The van der Waals surface area contributed by atoms with Crippen LogP contribution < -0.4 is 10.1 Å². The molecule has 0 radical (unpaired) electrons. The molecule has 0 atom stereocenters. The molecule has 0 saturated heterocycles. The zero-order chi connectivity index (χ0) is 18.2. The Bertz CT molecular complexity index is 804. The summed E-state index contributed by atoms with van der Waals surface area (Å²) in [5.41, 5.74) is 0.421. The van der Waals surface area contributed by atoms with E-state index in [0.717, 1.165) is 16.5 Å². The molecule has 0 bridgehead atoms. The Morgan fingerprint density at radius 3 is 2.81 bits per heavy atom. The summed E-state index contributed by atoms with van der Waals surface area (Å²) < 4.78 is 5.67. The van der Waals surface area contributed by atoms with E-state index in [-0.39, 0.29) is 5.91 Å². The molecule has 0 spiro atoms. The van der Waals surface area contributed by atoms with Gasteiger partial charge in [0.25, 0.3) is 0 Å². The van der Waals surface area contributed by atoms with E-state index >= 15 is 0 Å². The van der Waals surface area contributed by atoms with Crippen LogP contribution >= 0.6 is 11.3 Å². The first-order valence-electron chi connectivity index (χ1n) is 8.44. The van der Waals surface area contributed by atoms with E-state index in [4.69, 9.17) is 11.2 Å². The molecule has 134 valence electrons. The Morgan fingerprint density at radius 2 is 2.08 bits per heavy atom. The number of rotatable bonds is 10. The van der Waals surface area contributed by atoms with Crippen molar-refractivity contribution in [1.82, 2.24) is 10.3 Å². The van der Waals surface area contributed by atoms with Crippen LogP contribution in [0.25, 0.3) is 0 Å². The molecule has 1 aromatic heterocycles. The fraction of sp³-hybridized carbons (Fsp3) is 0.368. The molecule has 0 aliphatic carbocycles. The first-order chi connectivity index (χ1) is 12.7. The zero-order valence-corrected chi connectivity index (χ0v) is 15.2. The molecular weight excluding hydrogens is 348 g/mol.